The van der Waals surface area contributed by atoms with Crippen molar-refractivity contribution in [3.63, 3.8) is 0 Å². The summed E-state index contributed by atoms with van der Waals surface area (Å²) in [6.45, 7) is -0.705. The van der Waals surface area contributed by atoms with Gasteiger partial charge in [0, 0.05) is 0 Å². The molecular weight excluding hydrogens is 445 g/mol. The Morgan fingerprint density at radius 3 is 2.55 bits per heavy atom. The number of aliphatic hydroxyl groups excluding tert-OH is 2. The lowest BCUT2D eigenvalue weighted by Gasteiger charge is -2.17. The van der Waals surface area contributed by atoms with Gasteiger partial charge in [0.05, 0.1) is 19.4 Å². The maximum Gasteiger partial charge on any atom is 0.469 e. The molecule has 31 heavy (non-hydrogen) atoms. The third kappa shape index (κ3) is 5.13. The summed E-state index contributed by atoms with van der Waals surface area (Å²) in [5, 5.41) is 40.9. The van der Waals surface area contributed by atoms with E-state index in [1.165, 1.54) is 4.57 Å². The fraction of sp³-hybridized carbons (Fsp3) is 0.500. The van der Waals surface area contributed by atoms with Gasteiger partial charge in [-0.15, -0.1) is 0 Å². The molecule has 170 valence electrons. The Kier molecular flexibility index (Phi) is 6.51. The van der Waals surface area contributed by atoms with E-state index in [1.807, 2.05) is 0 Å². The zero-order valence-electron chi connectivity index (χ0n) is 15.4. The summed E-state index contributed by atoms with van der Waals surface area (Å²) < 4.78 is 21.8. The number of fused-ring (bicyclic) bond motifs is 1. The van der Waals surface area contributed by atoms with Crippen molar-refractivity contribution in [1.82, 2.24) is 19.5 Å². The van der Waals surface area contributed by atoms with E-state index < -0.39 is 63.4 Å². The number of carboxylic acid groups (broad SMARTS) is 2. The first kappa shape index (κ1) is 23.0. The molecule has 16 nitrogen and oxygen atoms in total. The highest BCUT2D eigenvalue weighted by Crippen LogP contribution is 2.39. The van der Waals surface area contributed by atoms with Crippen LogP contribution in [0.3, 0.4) is 0 Å². The van der Waals surface area contributed by atoms with Gasteiger partial charge >= 0.3 is 19.8 Å². The molecular formula is C14H18N5O11P. The zero-order chi connectivity index (χ0) is 22.9. The number of imidazole rings is 1. The molecule has 0 bridgehead atoms. The van der Waals surface area contributed by atoms with Crippen LogP contribution in [0.1, 0.15) is 12.6 Å². The third-order valence-electron chi connectivity index (χ3n) is 4.36. The van der Waals surface area contributed by atoms with E-state index in [9.17, 15) is 29.5 Å². The van der Waals surface area contributed by atoms with Crippen LogP contribution in [0.15, 0.2) is 12.7 Å². The van der Waals surface area contributed by atoms with E-state index in [2.05, 4.69) is 24.8 Å². The Balaban J connectivity index is 1.86. The number of aliphatic hydroxyl groups is 2. The van der Waals surface area contributed by atoms with Crippen LogP contribution in [0.5, 0.6) is 0 Å². The predicted octanol–water partition coefficient (Wildman–Crippen LogP) is -2.11. The molecule has 17 heteroatoms. The Bertz CT molecular complexity index is 1030. The number of nitrogens with one attached hydrogen (secondary N) is 1. The first-order valence-corrected chi connectivity index (χ1v) is 10.1. The largest absolute Gasteiger partial charge is 0.481 e. The molecule has 1 saturated heterocycles. The maximum atomic E-state index is 11.3. The molecule has 5 atom stereocenters. The Labute approximate surface area is 172 Å². The average Bonchev–Trinajstić information content (AvgIpc) is 3.21. The van der Waals surface area contributed by atoms with Gasteiger partial charge in [0.2, 0.25) is 0 Å². The number of carbonyl (C=O) groups is 2. The quantitative estimate of drug-likeness (QED) is 0.197. The molecule has 0 spiro atoms. The highest BCUT2D eigenvalue weighted by Gasteiger charge is 2.45. The van der Waals surface area contributed by atoms with Crippen LogP contribution in [-0.2, 0) is 23.4 Å². The molecule has 0 aromatic carbocycles. The molecule has 2 aromatic rings. The van der Waals surface area contributed by atoms with Crippen molar-refractivity contribution in [3.05, 3.63) is 12.7 Å². The summed E-state index contributed by atoms with van der Waals surface area (Å²) in [5.41, 5.74) is 0.0733. The van der Waals surface area contributed by atoms with E-state index in [0.717, 1.165) is 12.7 Å². The van der Waals surface area contributed by atoms with Crippen LogP contribution >= 0.6 is 7.82 Å². The summed E-state index contributed by atoms with van der Waals surface area (Å²) in [6.07, 6.45) is -4.20. The molecule has 0 amide bonds. The summed E-state index contributed by atoms with van der Waals surface area (Å²) >= 11 is 0. The lowest BCUT2D eigenvalue weighted by atomic mass is 10.1. The number of phosphoric acid groups is 1. The zero-order valence-corrected chi connectivity index (χ0v) is 16.3. The van der Waals surface area contributed by atoms with E-state index in [-0.39, 0.29) is 17.0 Å². The molecule has 0 radical (unpaired) electrons. The van der Waals surface area contributed by atoms with Gasteiger partial charge in [-0.25, -0.2) is 24.3 Å². The molecule has 1 fully saturated rings. The second-order valence-electron chi connectivity index (χ2n) is 6.51. The average molecular weight is 463 g/mol. The van der Waals surface area contributed by atoms with E-state index >= 15 is 0 Å². The van der Waals surface area contributed by atoms with E-state index in [4.69, 9.17) is 19.6 Å². The molecule has 7 N–H and O–H groups in total. The van der Waals surface area contributed by atoms with Crippen molar-refractivity contribution in [2.24, 2.45) is 0 Å². The van der Waals surface area contributed by atoms with Crippen molar-refractivity contribution in [3.8, 4) is 0 Å². The topological polar surface area (TPSA) is 247 Å². The number of anilines is 1. The SMILES string of the molecule is O=C(O)C[C@H](Nc1ncnc2c1ncn2[C@H]1O[C@@H](COP(=O)(O)O)[C@H](O)[C@@H]1O)C(=O)O. The Morgan fingerprint density at radius 2 is 1.94 bits per heavy atom. The van der Waals surface area contributed by atoms with Crippen molar-refractivity contribution in [2.45, 2.75) is 37.0 Å². The predicted molar refractivity (Wildman–Crippen MR) is 96.5 cm³/mol. The fourth-order valence-electron chi connectivity index (χ4n) is 2.95. The smallest absolute Gasteiger partial charge is 0.469 e. The number of phosphoric ester groups is 1. The Hall–Kier alpha value is -2.72. The fourth-order valence-corrected chi connectivity index (χ4v) is 3.29. The first-order valence-electron chi connectivity index (χ1n) is 8.58. The molecule has 1 aliphatic rings. The molecule has 3 heterocycles. The molecule has 2 aromatic heterocycles. The highest BCUT2D eigenvalue weighted by atomic mass is 31.2. The molecule has 3 rings (SSSR count). The number of aliphatic carboxylic acids is 2. The van der Waals surface area contributed by atoms with E-state index in [0.29, 0.717) is 0 Å². The van der Waals surface area contributed by atoms with Gasteiger partial charge in [-0.1, -0.05) is 0 Å². The van der Waals surface area contributed by atoms with Gasteiger partial charge in [-0.3, -0.25) is 13.9 Å². The number of ether oxygens (including phenoxy) is 1. The van der Waals surface area contributed by atoms with Crippen molar-refractivity contribution < 1.29 is 53.6 Å². The van der Waals surface area contributed by atoms with Crippen LogP contribution < -0.4 is 5.32 Å². The number of hydrogen-bond donors (Lipinski definition) is 7. The summed E-state index contributed by atoms with van der Waals surface area (Å²) in [4.78, 5) is 51.6. The van der Waals surface area contributed by atoms with Gasteiger partial charge in [0.15, 0.2) is 23.2 Å². The van der Waals surface area contributed by atoms with Crippen molar-refractivity contribution in [1.29, 1.82) is 0 Å². The molecule has 0 unspecified atom stereocenters. The van der Waals surface area contributed by atoms with Crippen LogP contribution in [0.2, 0.25) is 0 Å². The molecule has 1 aliphatic heterocycles. The highest BCUT2D eigenvalue weighted by molar-refractivity contribution is 7.46. The minimum atomic E-state index is -4.83. The number of rotatable bonds is 9. The van der Waals surface area contributed by atoms with Gasteiger partial charge in [0.25, 0.3) is 0 Å². The lowest BCUT2D eigenvalue weighted by Crippen LogP contribution is -2.33. The maximum absolute atomic E-state index is 11.3. The number of hydrogen-bond acceptors (Lipinski definition) is 11. The lowest BCUT2D eigenvalue weighted by molar-refractivity contribution is -0.144. The normalized spacial score (nSPS) is 24.9. The second-order valence-corrected chi connectivity index (χ2v) is 7.75. The minimum absolute atomic E-state index is 0.0272. The van der Waals surface area contributed by atoms with Gasteiger partial charge < -0.3 is 40.3 Å². The summed E-state index contributed by atoms with van der Waals surface area (Å²) in [7, 11) is -4.83. The van der Waals surface area contributed by atoms with Crippen molar-refractivity contribution >= 4 is 36.7 Å². The summed E-state index contributed by atoms with van der Waals surface area (Å²) in [5.74, 6) is -2.87. The minimum Gasteiger partial charge on any atom is -0.481 e. The van der Waals surface area contributed by atoms with Crippen LogP contribution in [0.4, 0.5) is 5.82 Å². The molecule has 0 saturated carbocycles. The van der Waals surface area contributed by atoms with Gasteiger partial charge in [-0.05, 0) is 0 Å². The second kappa shape index (κ2) is 8.80. The third-order valence-corrected chi connectivity index (χ3v) is 4.85. The molecule has 0 aliphatic carbocycles. The van der Waals surface area contributed by atoms with Crippen LogP contribution in [0, 0.1) is 0 Å². The summed E-state index contributed by atoms with van der Waals surface area (Å²) in [6, 6.07) is -1.51. The Morgan fingerprint density at radius 1 is 1.23 bits per heavy atom. The van der Waals surface area contributed by atoms with E-state index in [1.54, 1.807) is 0 Å². The van der Waals surface area contributed by atoms with Crippen molar-refractivity contribution in [2.75, 3.05) is 11.9 Å². The standard InChI is InChI=1S/C14H18N5O11P/c20-7(21)1-5(14(24)25)18-11-8-12(16-3-15-11)19(4-17-8)13-10(23)9(22)6(30-13)2-29-31(26,27)28/h3-6,9-10,13,22-23H,1-2H2,(H,20,21)(H,24,25)(H,15,16,18)(H2,26,27,28)/t5-,6-,9-,10-,13-/m0/s1. The number of aromatic nitrogens is 4. The first-order chi connectivity index (χ1) is 14.5. The van der Waals surface area contributed by atoms with Crippen LogP contribution in [-0.4, -0.2) is 92.6 Å². The number of carboxylic acids is 2. The van der Waals surface area contributed by atoms with Gasteiger partial charge in [0.1, 0.15) is 30.7 Å². The monoisotopic (exact) mass is 463 g/mol. The number of nitrogens with zero attached hydrogens (tertiary/aromatic N) is 4. The van der Waals surface area contributed by atoms with Crippen LogP contribution in [0.25, 0.3) is 11.2 Å². The van der Waals surface area contributed by atoms with Gasteiger partial charge in [-0.2, -0.15) is 0 Å².